The van der Waals surface area contributed by atoms with E-state index < -0.39 is 11.4 Å². The molecule has 0 bridgehead atoms. The Hall–Kier alpha value is -1.78. The second-order valence-corrected chi connectivity index (χ2v) is 5.08. The molecule has 1 fully saturated rings. The summed E-state index contributed by atoms with van der Waals surface area (Å²) in [7, 11) is 1.47. The first-order chi connectivity index (χ1) is 9.64. The van der Waals surface area contributed by atoms with E-state index in [9.17, 15) is 9.59 Å². The molecule has 0 amide bonds. The van der Waals surface area contributed by atoms with Crippen LogP contribution >= 0.6 is 0 Å². The maximum Gasteiger partial charge on any atom is 0.250 e. The Morgan fingerprint density at radius 1 is 1.45 bits per heavy atom. The first-order valence-electron chi connectivity index (χ1n) is 6.68. The highest BCUT2D eigenvalue weighted by atomic mass is 16.8. The normalized spacial score (nSPS) is 29.8. The largest absolute Gasteiger partial charge is 0.346 e. The molecule has 0 N–H and O–H groups in total. The lowest BCUT2D eigenvalue weighted by molar-refractivity contribution is -0.123. The predicted octanol–water partition coefficient (Wildman–Crippen LogP) is 2.38. The average molecular weight is 272 g/mol. The van der Waals surface area contributed by atoms with Crippen LogP contribution in [0.4, 0.5) is 0 Å². The van der Waals surface area contributed by atoms with Crippen LogP contribution in [0.1, 0.15) is 35.2 Å². The lowest BCUT2D eigenvalue weighted by atomic mass is 9.93. The Morgan fingerprint density at radius 3 is 2.90 bits per heavy atom. The smallest absolute Gasteiger partial charge is 0.250 e. The first kappa shape index (κ1) is 13.2. The molecule has 1 aliphatic carbocycles. The number of benzene rings is 1. The van der Waals surface area contributed by atoms with E-state index in [0.717, 1.165) is 6.42 Å². The zero-order valence-corrected chi connectivity index (χ0v) is 11.3. The molecular formula is C16H16O4. The van der Waals surface area contributed by atoms with Gasteiger partial charge in [-0.15, -0.1) is 6.58 Å². The highest BCUT2D eigenvalue weighted by Gasteiger charge is 2.84. The predicted molar refractivity (Wildman–Crippen MR) is 72.3 cm³/mol. The minimum Gasteiger partial charge on any atom is -0.346 e. The number of allylic oxidation sites excluding steroid dienone is 1. The Morgan fingerprint density at radius 2 is 2.20 bits per heavy atom. The molecule has 2 unspecified atom stereocenters. The van der Waals surface area contributed by atoms with Crippen molar-refractivity contribution in [3.8, 4) is 0 Å². The number of carbonyl (C=O) groups is 2. The maximum absolute atomic E-state index is 12.6. The van der Waals surface area contributed by atoms with Gasteiger partial charge in [0.2, 0.25) is 11.6 Å². The van der Waals surface area contributed by atoms with Gasteiger partial charge in [-0.2, -0.15) is 0 Å². The summed E-state index contributed by atoms with van der Waals surface area (Å²) in [6, 6.07) is 7.09. The van der Waals surface area contributed by atoms with E-state index in [-0.39, 0.29) is 18.0 Å². The van der Waals surface area contributed by atoms with Crippen molar-refractivity contribution in [1.29, 1.82) is 0 Å². The molecule has 0 saturated carbocycles. The Kier molecular flexibility index (Phi) is 2.88. The van der Waals surface area contributed by atoms with Crippen LogP contribution < -0.4 is 0 Å². The number of methoxy groups -OCH3 is 1. The van der Waals surface area contributed by atoms with E-state index in [2.05, 4.69) is 6.58 Å². The van der Waals surface area contributed by atoms with Gasteiger partial charge >= 0.3 is 0 Å². The van der Waals surface area contributed by atoms with E-state index in [1.165, 1.54) is 7.11 Å². The first-order valence-corrected chi connectivity index (χ1v) is 6.68. The van der Waals surface area contributed by atoms with Crippen LogP contribution in [0, 0.1) is 0 Å². The molecule has 104 valence electrons. The van der Waals surface area contributed by atoms with Crippen molar-refractivity contribution in [2.75, 3.05) is 7.11 Å². The molecule has 2 atom stereocenters. The third kappa shape index (κ3) is 1.38. The Labute approximate surface area is 117 Å². The molecule has 0 spiro atoms. The average Bonchev–Trinajstić information content (AvgIpc) is 3.13. The molecule has 1 saturated heterocycles. The van der Waals surface area contributed by atoms with Gasteiger partial charge in [-0.25, -0.2) is 0 Å². The topological polar surface area (TPSA) is 55.9 Å². The molecule has 1 aromatic carbocycles. The number of hydrogen-bond donors (Lipinski definition) is 0. The third-order valence-electron chi connectivity index (χ3n) is 4.06. The molecule has 0 aromatic heterocycles. The van der Waals surface area contributed by atoms with Crippen molar-refractivity contribution in [3.05, 3.63) is 48.0 Å². The summed E-state index contributed by atoms with van der Waals surface area (Å²) in [5, 5.41) is 0. The number of epoxide rings is 1. The SMILES string of the molecule is C=CCCCC(=O)C12OC1(OC)c1ccccc1C2=O. The number of Topliss-reactive ketones (excluding diaryl/α,β-unsaturated/α-hetero) is 2. The molecule has 2 aliphatic rings. The summed E-state index contributed by atoms with van der Waals surface area (Å²) >= 11 is 0. The van der Waals surface area contributed by atoms with E-state index in [4.69, 9.17) is 9.47 Å². The Bertz CT molecular complexity index is 606. The molecule has 0 radical (unpaired) electrons. The number of ketones is 2. The van der Waals surface area contributed by atoms with Gasteiger partial charge in [0.05, 0.1) is 0 Å². The summed E-state index contributed by atoms with van der Waals surface area (Å²) in [6.45, 7) is 3.63. The number of ether oxygens (including phenoxy) is 2. The summed E-state index contributed by atoms with van der Waals surface area (Å²) < 4.78 is 11.0. The van der Waals surface area contributed by atoms with E-state index in [0.29, 0.717) is 17.5 Å². The summed E-state index contributed by atoms with van der Waals surface area (Å²) in [5.74, 6) is -1.69. The molecule has 3 rings (SSSR count). The number of hydrogen-bond acceptors (Lipinski definition) is 4. The van der Waals surface area contributed by atoms with Crippen molar-refractivity contribution in [3.63, 3.8) is 0 Å². The quantitative estimate of drug-likeness (QED) is 0.345. The van der Waals surface area contributed by atoms with Gasteiger partial charge in [0.25, 0.3) is 5.60 Å². The van der Waals surface area contributed by atoms with Gasteiger partial charge in [0, 0.05) is 24.7 Å². The molecule has 1 aliphatic heterocycles. The van der Waals surface area contributed by atoms with Gasteiger partial charge in [0.15, 0.2) is 5.78 Å². The molecule has 20 heavy (non-hydrogen) atoms. The fourth-order valence-corrected chi connectivity index (χ4v) is 3.03. The fourth-order valence-electron chi connectivity index (χ4n) is 3.03. The molecule has 4 nitrogen and oxygen atoms in total. The van der Waals surface area contributed by atoms with Gasteiger partial charge in [-0.1, -0.05) is 30.3 Å². The van der Waals surface area contributed by atoms with Gasteiger partial charge in [0.1, 0.15) is 0 Å². The van der Waals surface area contributed by atoms with Crippen molar-refractivity contribution >= 4 is 11.6 Å². The van der Waals surface area contributed by atoms with Crippen molar-refractivity contribution in [1.82, 2.24) is 0 Å². The van der Waals surface area contributed by atoms with Crippen LogP contribution in [-0.2, 0) is 20.1 Å². The van der Waals surface area contributed by atoms with E-state index in [1.54, 1.807) is 24.3 Å². The lowest BCUT2D eigenvalue weighted by Gasteiger charge is -2.09. The van der Waals surface area contributed by atoms with Crippen molar-refractivity contribution in [2.45, 2.75) is 30.7 Å². The van der Waals surface area contributed by atoms with E-state index >= 15 is 0 Å². The number of unbranched alkanes of at least 4 members (excludes halogenated alkanes) is 1. The van der Waals surface area contributed by atoms with Gasteiger partial charge < -0.3 is 9.47 Å². The number of rotatable bonds is 6. The van der Waals surface area contributed by atoms with Crippen molar-refractivity contribution in [2.24, 2.45) is 0 Å². The highest BCUT2D eigenvalue weighted by Crippen LogP contribution is 2.64. The van der Waals surface area contributed by atoms with Crippen LogP contribution in [0.2, 0.25) is 0 Å². The highest BCUT2D eigenvalue weighted by molar-refractivity contribution is 6.24. The molecular weight excluding hydrogens is 256 g/mol. The minimum absolute atomic E-state index is 0.206. The fraction of sp³-hybridized carbons (Fsp3) is 0.375. The van der Waals surface area contributed by atoms with Crippen molar-refractivity contribution < 1.29 is 19.1 Å². The van der Waals surface area contributed by atoms with Crippen LogP contribution in [0.25, 0.3) is 0 Å². The van der Waals surface area contributed by atoms with Gasteiger partial charge in [-0.05, 0) is 12.8 Å². The number of fused-ring (bicyclic) bond motifs is 3. The second-order valence-electron chi connectivity index (χ2n) is 5.08. The Balaban J connectivity index is 1.95. The maximum atomic E-state index is 12.6. The van der Waals surface area contributed by atoms with E-state index in [1.807, 2.05) is 6.07 Å². The molecule has 1 aromatic rings. The van der Waals surface area contributed by atoms with Crippen LogP contribution in [-0.4, -0.2) is 24.3 Å². The lowest BCUT2D eigenvalue weighted by Crippen LogP contribution is -2.36. The summed E-state index contributed by atoms with van der Waals surface area (Å²) in [6.07, 6.45) is 3.45. The standard InChI is InChI=1S/C16H16O4/c1-3-4-5-10-13(17)15-14(18)11-8-6-7-9-12(11)16(15,19-2)20-15/h3,6-9H,1,4-5,10H2,2H3. The molecule has 4 heteroatoms. The van der Waals surface area contributed by atoms with Crippen LogP contribution in [0.5, 0.6) is 0 Å². The summed E-state index contributed by atoms with van der Waals surface area (Å²) in [4.78, 5) is 25.0. The summed E-state index contributed by atoms with van der Waals surface area (Å²) in [5.41, 5.74) is -0.269. The van der Waals surface area contributed by atoms with Crippen LogP contribution in [0.15, 0.2) is 36.9 Å². The zero-order chi connectivity index (χ0) is 14.4. The second kappa shape index (κ2) is 4.36. The number of carbonyl (C=O) groups excluding carboxylic acids is 2. The van der Waals surface area contributed by atoms with Crippen LogP contribution in [0.3, 0.4) is 0 Å². The minimum atomic E-state index is -1.45. The zero-order valence-electron chi connectivity index (χ0n) is 11.3. The monoisotopic (exact) mass is 272 g/mol. The van der Waals surface area contributed by atoms with Gasteiger partial charge in [-0.3, -0.25) is 9.59 Å². The molecule has 1 heterocycles. The third-order valence-corrected chi connectivity index (χ3v) is 4.06.